The molecule has 4 aromatic rings. The first-order valence-corrected chi connectivity index (χ1v) is 14.6. The van der Waals surface area contributed by atoms with E-state index in [2.05, 4.69) is 14.9 Å². The minimum Gasteiger partial charge on any atom is -0.460 e. The van der Waals surface area contributed by atoms with E-state index in [9.17, 15) is 0 Å². The summed E-state index contributed by atoms with van der Waals surface area (Å²) in [5.74, 6) is 1.55. The Morgan fingerprint density at radius 3 is 2.67 bits per heavy atom. The number of hydrogen-bond donors (Lipinski definition) is 0. The van der Waals surface area contributed by atoms with Crippen molar-refractivity contribution in [1.82, 2.24) is 15.0 Å². The van der Waals surface area contributed by atoms with E-state index in [1.54, 1.807) is 6.20 Å². The minimum atomic E-state index is -0.476. The zero-order valence-electron chi connectivity index (χ0n) is 22.1. The van der Waals surface area contributed by atoms with Gasteiger partial charge >= 0.3 is 6.01 Å². The number of halogens is 2. The largest absolute Gasteiger partial charge is 0.460 e. The van der Waals surface area contributed by atoms with Crippen molar-refractivity contribution in [3.05, 3.63) is 64.6 Å². The monoisotopic (exact) mass is 553 g/mol. The summed E-state index contributed by atoms with van der Waals surface area (Å²) in [4.78, 5) is 21.0. The van der Waals surface area contributed by atoms with E-state index in [1.807, 2.05) is 42.6 Å². The van der Waals surface area contributed by atoms with E-state index in [4.69, 9.17) is 26.3 Å². The van der Waals surface area contributed by atoms with Crippen molar-refractivity contribution >= 4 is 45.3 Å². The SMILES string of the molecule is Fc1c(-c2cccc3cccc(Cl)c23)ncc2c(N3CC4CCC(C4)C3)nc(OC3CCC4=C(CN=C4)C3)nc12. The molecule has 0 N–H and O–H groups in total. The average Bonchev–Trinajstić information content (AvgIpc) is 3.58. The molecule has 2 fully saturated rings. The van der Waals surface area contributed by atoms with Gasteiger partial charge < -0.3 is 9.64 Å². The average molecular weight is 554 g/mol. The second kappa shape index (κ2) is 9.51. The van der Waals surface area contributed by atoms with Gasteiger partial charge in [-0.2, -0.15) is 9.97 Å². The van der Waals surface area contributed by atoms with Crippen molar-refractivity contribution in [2.75, 3.05) is 24.5 Å². The third-order valence-electron chi connectivity index (χ3n) is 9.12. The lowest BCUT2D eigenvalue weighted by atomic mass is 9.92. The fraction of sp³-hybridized carbons (Fsp3) is 0.375. The highest BCUT2D eigenvalue weighted by molar-refractivity contribution is 6.36. The third-order valence-corrected chi connectivity index (χ3v) is 9.44. The molecule has 2 aromatic heterocycles. The molecule has 0 amide bonds. The number of nitrogens with zero attached hydrogens (tertiary/aromatic N) is 5. The zero-order chi connectivity index (χ0) is 26.8. The van der Waals surface area contributed by atoms with Crippen LogP contribution >= 0.6 is 11.6 Å². The van der Waals surface area contributed by atoms with Crippen LogP contribution in [0.5, 0.6) is 6.01 Å². The number of benzene rings is 2. The summed E-state index contributed by atoms with van der Waals surface area (Å²) in [5, 5.41) is 2.90. The molecule has 0 spiro atoms. The predicted molar refractivity (Wildman–Crippen MR) is 157 cm³/mol. The highest BCUT2D eigenvalue weighted by Crippen LogP contribution is 2.41. The topological polar surface area (TPSA) is 63.5 Å². The number of ether oxygens (including phenoxy) is 1. The van der Waals surface area contributed by atoms with Gasteiger partial charge in [0.15, 0.2) is 5.82 Å². The van der Waals surface area contributed by atoms with Crippen molar-refractivity contribution in [3.8, 4) is 17.3 Å². The molecule has 3 atom stereocenters. The summed E-state index contributed by atoms with van der Waals surface area (Å²) in [6.45, 7) is 2.58. The minimum absolute atomic E-state index is 0.0514. The number of aliphatic imine (C=N–C) groups is 1. The van der Waals surface area contributed by atoms with Crippen LogP contribution in [0.25, 0.3) is 32.9 Å². The van der Waals surface area contributed by atoms with Gasteiger partial charge in [-0.1, -0.05) is 41.9 Å². The normalized spacial score (nSPS) is 23.9. The smallest absolute Gasteiger partial charge is 0.319 e. The lowest BCUT2D eigenvalue weighted by Crippen LogP contribution is -2.37. The van der Waals surface area contributed by atoms with Gasteiger partial charge in [0.05, 0.1) is 11.9 Å². The maximum absolute atomic E-state index is 16.6. The summed E-state index contributed by atoms with van der Waals surface area (Å²) in [7, 11) is 0. The number of pyridine rings is 1. The van der Waals surface area contributed by atoms with Crippen LogP contribution in [0.15, 0.2) is 58.7 Å². The summed E-state index contributed by atoms with van der Waals surface area (Å²) in [6, 6.07) is 11.7. The van der Waals surface area contributed by atoms with Gasteiger partial charge in [0.2, 0.25) is 0 Å². The maximum atomic E-state index is 16.6. The van der Waals surface area contributed by atoms with E-state index >= 15 is 4.39 Å². The van der Waals surface area contributed by atoms with Gasteiger partial charge in [0.1, 0.15) is 23.1 Å². The summed E-state index contributed by atoms with van der Waals surface area (Å²) < 4.78 is 23.0. The molecule has 8 heteroatoms. The Morgan fingerprint density at radius 2 is 1.82 bits per heavy atom. The second-order valence-electron chi connectivity index (χ2n) is 11.7. The molecule has 40 heavy (non-hydrogen) atoms. The van der Waals surface area contributed by atoms with Crippen LogP contribution in [0.3, 0.4) is 0 Å². The molecular formula is C32H29ClFN5O. The first-order chi connectivity index (χ1) is 19.6. The first kappa shape index (κ1) is 24.2. The lowest BCUT2D eigenvalue weighted by molar-refractivity contribution is 0.170. The number of hydrogen-bond acceptors (Lipinski definition) is 6. The first-order valence-electron chi connectivity index (χ1n) is 14.3. The number of aromatic nitrogens is 3. The number of fused-ring (bicyclic) bond motifs is 4. The van der Waals surface area contributed by atoms with E-state index < -0.39 is 5.82 Å². The van der Waals surface area contributed by atoms with Gasteiger partial charge in [0, 0.05) is 47.9 Å². The molecule has 8 rings (SSSR count). The molecule has 3 unspecified atom stereocenters. The lowest BCUT2D eigenvalue weighted by Gasteiger charge is -2.33. The van der Waals surface area contributed by atoms with Crippen molar-refractivity contribution < 1.29 is 9.13 Å². The highest BCUT2D eigenvalue weighted by atomic mass is 35.5. The van der Waals surface area contributed by atoms with E-state index in [0.29, 0.717) is 27.8 Å². The Labute approximate surface area is 237 Å². The Kier molecular flexibility index (Phi) is 5.76. The van der Waals surface area contributed by atoms with Crippen LogP contribution in [0.4, 0.5) is 10.2 Å². The number of anilines is 1. The van der Waals surface area contributed by atoms with E-state index in [0.717, 1.165) is 55.5 Å². The Balaban J connectivity index is 1.25. The van der Waals surface area contributed by atoms with Gasteiger partial charge in [-0.05, 0) is 66.5 Å². The number of allylic oxidation sites excluding steroid dienone is 1. The Hall–Kier alpha value is -3.58. The molecule has 1 saturated heterocycles. The standard InChI is InChI=1S/C32H29ClFN5O/c33-26-6-2-4-20-3-1-5-24(27(20)26)29-28(34)30-25(15-36-29)31(39-16-18-7-8-19(11-18)17-39)38-32(37-30)40-23-10-9-21-13-35-14-22(21)12-23/h1-6,13,15,18-19,23H,7-12,14,16-17H2. The van der Waals surface area contributed by atoms with E-state index in [-0.39, 0.29) is 23.3 Å². The third kappa shape index (κ3) is 4.05. The molecule has 4 aliphatic rings. The molecule has 6 nitrogen and oxygen atoms in total. The van der Waals surface area contributed by atoms with Gasteiger partial charge in [-0.15, -0.1) is 0 Å². The molecular weight excluding hydrogens is 525 g/mol. The van der Waals surface area contributed by atoms with Crippen LogP contribution in [0.1, 0.15) is 38.5 Å². The van der Waals surface area contributed by atoms with Crippen molar-refractivity contribution in [1.29, 1.82) is 0 Å². The molecule has 202 valence electrons. The summed E-state index contributed by atoms with van der Waals surface area (Å²) in [6.07, 6.45) is 10.0. The van der Waals surface area contributed by atoms with Crippen LogP contribution in [0, 0.1) is 17.7 Å². The molecule has 0 radical (unpaired) electrons. The molecule has 2 aliphatic carbocycles. The number of rotatable bonds is 4. The summed E-state index contributed by atoms with van der Waals surface area (Å²) in [5.41, 5.74) is 3.78. The second-order valence-corrected chi connectivity index (χ2v) is 12.1. The van der Waals surface area contributed by atoms with Crippen LogP contribution < -0.4 is 9.64 Å². The maximum Gasteiger partial charge on any atom is 0.319 e. The van der Waals surface area contributed by atoms with Crippen molar-refractivity contribution in [2.45, 2.75) is 44.6 Å². The van der Waals surface area contributed by atoms with Crippen LogP contribution in [-0.2, 0) is 0 Å². The summed E-state index contributed by atoms with van der Waals surface area (Å²) >= 11 is 6.60. The zero-order valence-corrected chi connectivity index (χ0v) is 22.9. The van der Waals surface area contributed by atoms with Gasteiger partial charge in [0.25, 0.3) is 0 Å². The Morgan fingerprint density at radius 1 is 1.00 bits per heavy atom. The van der Waals surface area contributed by atoms with Crippen molar-refractivity contribution in [3.63, 3.8) is 0 Å². The van der Waals surface area contributed by atoms with E-state index in [1.165, 1.54) is 30.4 Å². The van der Waals surface area contributed by atoms with Gasteiger partial charge in [-0.3, -0.25) is 9.98 Å². The molecule has 1 saturated carbocycles. The van der Waals surface area contributed by atoms with Crippen LogP contribution in [0.2, 0.25) is 5.02 Å². The fourth-order valence-electron chi connectivity index (χ4n) is 7.22. The highest BCUT2D eigenvalue weighted by Gasteiger charge is 2.35. The van der Waals surface area contributed by atoms with Gasteiger partial charge in [-0.25, -0.2) is 4.39 Å². The van der Waals surface area contributed by atoms with Crippen molar-refractivity contribution in [2.24, 2.45) is 16.8 Å². The Bertz CT molecular complexity index is 1720. The molecule has 2 aromatic carbocycles. The van der Waals surface area contributed by atoms with Crippen LogP contribution in [-0.4, -0.2) is 46.9 Å². The fourth-order valence-corrected chi connectivity index (χ4v) is 7.50. The predicted octanol–water partition coefficient (Wildman–Crippen LogP) is 7.19. The molecule has 4 heterocycles. The molecule has 2 bridgehead atoms. The molecule has 2 aliphatic heterocycles. The number of piperidine rings is 1. The quantitative estimate of drug-likeness (QED) is 0.268.